The lowest BCUT2D eigenvalue weighted by molar-refractivity contribution is 0.0977. The number of hydrogen-bond acceptors (Lipinski definition) is 2. The molecule has 0 unspecified atom stereocenters. The molecule has 2 N–H and O–H groups in total. The lowest BCUT2D eigenvalue weighted by Crippen LogP contribution is -2.34. The molecule has 0 spiro atoms. The Morgan fingerprint density at radius 2 is 1.55 bits per heavy atom. The monoisotopic (exact) mass is 312 g/mol. The number of benzene rings is 2. The number of anilines is 1. The molecule has 0 aromatic heterocycles. The van der Waals surface area contributed by atoms with Crippen LogP contribution in [0.2, 0.25) is 0 Å². The van der Waals surface area contributed by atoms with E-state index in [1.165, 1.54) is 5.56 Å². The van der Waals surface area contributed by atoms with Crippen molar-refractivity contribution in [2.45, 2.75) is 26.2 Å². The van der Waals surface area contributed by atoms with Crippen LogP contribution in [0.5, 0.6) is 0 Å². The smallest absolute Gasteiger partial charge is 0.257 e. The fraction of sp³-hybridized carbons (Fsp3) is 0.222. The first-order valence-corrected chi connectivity index (χ1v) is 7.55. The highest BCUT2D eigenvalue weighted by Crippen LogP contribution is 2.22. The highest BCUT2D eigenvalue weighted by molar-refractivity contribution is 7.80. The van der Waals surface area contributed by atoms with Crippen LogP contribution in [-0.4, -0.2) is 11.0 Å². The number of amides is 1. The lowest BCUT2D eigenvalue weighted by Gasteiger charge is -2.19. The maximum absolute atomic E-state index is 12.2. The summed E-state index contributed by atoms with van der Waals surface area (Å²) >= 11 is 5.15. The molecular formula is C18H20N2OS. The van der Waals surface area contributed by atoms with Gasteiger partial charge in [-0.05, 0) is 47.5 Å². The van der Waals surface area contributed by atoms with Crippen LogP contribution in [0.15, 0.2) is 54.6 Å². The molecule has 1 amide bonds. The van der Waals surface area contributed by atoms with Crippen LogP contribution in [0.4, 0.5) is 5.69 Å². The first kappa shape index (κ1) is 16.2. The Balaban J connectivity index is 1.98. The van der Waals surface area contributed by atoms with Gasteiger partial charge < -0.3 is 5.32 Å². The second-order valence-corrected chi connectivity index (χ2v) is 6.51. The second kappa shape index (κ2) is 6.71. The van der Waals surface area contributed by atoms with Gasteiger partial charge in [-0.3, -0.25) is 10.1 Å². The Labute approximate surface area is 136 Å². The molecule has 0 atom stereocenters. The van der Waals surface area contributed by atoms with Crippen LogP contribution in [0, 0.1) is 0 Å². The third-order valence-electron chi connectivity index (χ3n) is 3.27. The van der Waals surface area contributed by atoms with E-state index >= 15 is 0 Å². The third-order valence-corrected chi connectivity index (χ3v) is 3.48. The van der Waals surface area contributed by atoms with Crippen molar-refractivity contribution in [3.8, 4) is 0 Å². The van der Waals surface area contributed by atoms with Gasteiger partial charge in [-0.25, -0.2) is 0 Å². The van der Waals surface area contributed by atoms with Crippen molar-refractivity contribution >= 4 is 28.9 Å². The fourth-order valence-corrected chi connectivity index (χ4v) is 2.19. The van der Waals surface area contributed by atoms with Crippen LogP contribution in [-0.2, 0) is 5.41 Å². The maximum Gasteiger partial charge on any atom is 0.257 e. The summed E-state index contributed by atoms with van der Waals surface area (Å²) in [6.45, 7) is 6.42. The van der Waals surface area contributed by atoms with Gasteiger partial charge in [0.05, 0.1) is 0 Å². The van der Waals surface area contributed by atoms with Gasteiger partial charge in [-0.1, -0.05) is 51.1 Å². The van der Waals surface area contributed by atoms with E-state index in [2.05, 4.69) is 31.4 Å². The maximum atomic E-state index is 12.2. The summed E-state index contributed by atoms with van der Waals surface area (Å²) in [7, 11) is 0. The first-order chi connectivity index (χ1) is 10.4. The molecule has 22 heavy (non-hydrogen) atoms. The zero-order valence-electron chi connectivity index (χ0n) is 13.0. The molecule has 0 saturated carbocycles. The number of carbonyl (C=O) groups excluding carboxylic acids is 1. The Morgan fingerprint density at radius 3 is 2.09 bits per heavy atom. The number of rotatable bonds is 2. The van der Waals surface area contributed by atoms with Gasteiger partial charge >= 0.3 is 0 Å². The van der Waals surface area contributed by atoms with Crippen molar-refractivity contribution in [2.24, 2.45) is 0 Å². The van der Waals surface area contributed by atoms with Crippen molar-refractivity contribution in [3.63, 3.8) is 0 Å². The third kappa shape index (κ3) is 4.40. The Kier molecular flexibility index (Phi) is 4.93. The minimum atomic E-state index is -0.214. The van der Waals surface area contributed by atoms with E-state index in [4.69, 9.17) is 12.2 Å². The van der Waals surface area contributed by atoms with Gasteiger partial charge in [-0.2, -0.15) is 0 Å². The molecule has 0 fully saturated rings. The molecule has 2 aromatic rings. The van der Waals surface area contributed by atoms with Gasteiger partial charge in [0, 0.05) is 11.3 Å². The minimum Gasteiger partial charge on any atom is -0.332 e. The molecule has 0 aliphatic heterocycles. The Morgan fingerprint density at radius 1 is 0.955 bits per heavy atom. The summed E-state index contributed by atoms with van der Waals surface area (Å²) in [6.07, 6.45) is 0. The largest absolute Gasteiger partial charge is 0.332 e. The molecule has 0 heterocycles. The summed E-state index contributed by atoms with van der Waals surface area (Å²) in [5.41, 5.74) is 2.69. The normalized spacial score (nSPS) is 10.9. The molecule has 2 rings (SSSR count). The van der Waals surface area contributed by atoms with E-state index in [1.54, 1.807) is 0 Å². The molecule has 0 aliphatic rings. The number of carbonyl (C=O) groups is 1. The summed E-state index contributed by atoms with van der Waals surface area (Å²) in [6, 6.07) is 17.1. The summed E-state index contributed by atoms with van der Waals surface area (Å²) < 4.78 is 0. The summed E-state index contributed by atoms with van der Waals surface area (Å²) in [5, 5.41) is 5.95. The number of thiocarbonyl (C=S) groups is 1. The molecule has 3 nitrogen and oxygen atoms in total. The first-order valence-electron chi connectivity index (χ1n) is 7.14. The predicted molar refractivity (Wildman–Crippen MR) is 95.3 cm³/mol. The number of nitrogens with one attached hydrogen (secondary N) is 2. The van der Waals surface area contributed by atoms with Crippen molar-refractivity contribution in [2.75, 3.05) is 5.32 Å². The summed E-state index contributed by atoms with van der Waals surface area (Å²) in [5.74, 6) is -0.214. The molecule has 0 saturated heterocycles. The molecule has 4 heteroatoms. The Bertz CT molecular complexity index is 658. The standard InChI is InChI=1S/C18H20N2OS/c1-18(2,3)14-11-9-13(10-12-14)16(21)20-17(22)19-15-7-5-4-6-8-15/h4-12H,1-3H3,(H2,19,20,21,22). The van der Waals surface area contributed by atoms with Crippen molar-refractivity contribution < 1.29 is 4.79 Å². The molecule has 2 aromatic carbocycles. The fourth-order valence-electron chi connectivity index (χ4n) is 1.98. The van der Waals surface area contributed by atoms with Crippen LogP contribution in [0.3, 0.4) is 0 Å². The predicted octanol–water partition coefficient (Wildman–Crippen LogP) is 4.11. The topological polar surface area (TPSA) is 41.1 Å². The van der Waals surface area contributed by atoms with E-state index in [-0.39, 0.29) is 16.4 Å². The van der Waals surface area contributed by atoms with Crippen LogP contribution < -0.4 is 10.6 Å². The lowest BCUT2D eigenvalue weighted by atomic mass is 9.87. The molecule has 0 bridgehead atoms. The molecule has 114 valence electrons. The van der Waals surface area contributed by atoms with E-state index in [0.29, 0.717) is 5.56 Å². The average molecular weight is 312 g/mol. The average Bonchev–Trinajstić information content (AvgIpc) is 2.47. The van der Waals surface area contributed by atoms with Crippen molar-refractivity contribution in [1.82, 2.24) is 5.32 Å². The number of hydrogen-bond donors (Lipinski definition) is 2. The highest BCUT2D eigenvalue weighted by Gasteiger charge is 2.14. The van der Waals surface area contributed by atoms with E-state index in [9.17, 15) is 4.79 Å². The van der Waals surface area contributed by atoms with Crippen molar-refractivity contribution in [1.29, 1.82) is 0 Å². The van der Waals surface area contributed by atoms with E-state index < -0.39 is 0 Å². The van der Waals surface area contributed by atoms with Gasteiger partial charge in [0.1, 0.15) is 0 Å². The van der Waals surface area contributed by atoms with E-state index in [1.807, 2.05) is 54.6 Å². The van der Waals surface area contributed by atoms with Gasteiger partial charge in [0.15, 0.2) is 5.11 Å². The zero-order chi connectivity index (χ0) is 16.2. The highest BCUT2D eigenvalue weighted by atomic mass is 32.1. The molecule has 0 aliphatic carbocycles. The zero-order valence-corrected chi connectivity index (χ0v) is 13.8. The van der Waals surface area contributed by atoms with Crippen LogP contribution >= 0.6 is 12.2 Å². The van der Waals surface area contributed by atoms with Crippen molar-refractivity contribution in [3.05, 3.63) is 65.7 Å². The van der Waals surface area contributed by atoms with Crippen LogP contribution in [0.1, 0.15) is 36.7 Å². The number of para-hydroxylation sites is 1. The molecule has 0 radical (unpaired) electrons. The van der Waals surface area contributed by atoms with E-state index in [0.717, 1.165) is 5.69 Å². The SMILES string of the molecule is CC(C)(C)c1ccc(C(=O)NC(=S)Nc2ccccc2)cc1. The second-order valence-electron chi connectivity index (χ2n) is 6.10. The van der Waals surface area contributed by atoms with Gasteiger partial charge in [-0.15, -0.1) is 0 Å². The summed E-state index contributed by atoms with van der Waals surface area (Å²) in [4.78, 5) is 12.2. The van der Waals surface area contributed by atoms with Gasteiger partial charge in [0.2, 0.25) is 0 Å². The minimum absolute atomic E-state index is 0.0686. The molecular weight excluding hydrogens is 292 g/mol. The quantitative estimate of drug-likeness (QED) is 0.820. The van der Waals surface area contributed by atoms with Gasteiger partial charge in [0.25, 0.3) is 5.91 Å². The van der Waals surface area contributed by atoms with Crippen LogP contribution in [0.25, 0.3) is 0 Å². The Hall–Kier alpha value is -2.20.